The number of carbonyl (C=O) groups is 3. The largest absolute Gasteiger partial charge is 0.489 e. The van der Waals surface area contributed by atoms with Gasteiger partial charge in [0.25, 0.3) is 11.8 Å². The van der Waals surface area contributed by atoms with Crippen molar-refractivity contribution in [2.45, 2.75) is 19.4 Å². The number of anilines is 1. The van der Waals surface area contributed by atoms with E-state index < -0.39 is 11.8 Å². The molecule has 8 heteroatoms. The Morgan fingerprint density at radius 1 is 0.848 bits per heavy atom. The number of amides is 3. The van der Waals surface area contributed by atoms with Gasteiger partial charge in [0.1, 0.15) is 12.4 Å². The van der Waals surface area contributed by atoms with Crippen molar-refractivity contribution in [2.75, 3.05) is 11.4 Å². The Hall–Kier alpha value is -3.84. The van der Waals surface area contributed by atoms with E-state index in [9.17, 15) is 14.4 Å². The molecule has 1 aliphatic heterocycles. The van der Waals surface area contributed by atoms with Crippen LogP contribution in [0.25, 0.3) is 0 Å². The molecular weight excluding hydrogens is 442 g/mol. The number of hydrogen-bond donors (Lipinski definition) is 2. The molecule has 1 aliphatic rings. The van der Waals surface area contributed by atoms with Crippen molar-refractivity contribution in [3.05, 3.63) is 94.5 Å². The Morgan fingerprint density at radius 2 is 1.42 bits per heavy atom. The predicted octanol–water partition coefficient (Wildman–Crippen LogP) is 4.12. The first-order chi connectivity index (χ1) is 16.0. The van der Waals surface area contributed by atoms with Crippen LogP contribution in [0.15, 0.2) is 72.8 Å². The van der Waals surface area contributed by atoms with Crippen LogP contribution in [0.4, 0.5) is 5.69 Å². The standard InChI is InChI=1S/C25H22ClN3O4/c26-20-9-13-22(14-10-20)33-16-17-3-5-18(6-4-17)24(31)27-28-25(32)19-7-11-21(12-8-19)29-15-1-2-23(29)30/h3-14H,1-2,15-16H2,(H,27,31)(H,28,32). The second kappa shape index (κ2) is 10.2. The molecule has 0 saturated carbocycles. The first-order valence-electron chi connectivity index (χ1n) is 10.5. The molecule has 33 heavy (non-hydrogen) atoms. The van der Waals surface area contributed by atoms with Gasteiger partial charge < -0.3 is 9.64 Å². The molecular formula is C25H22ClN3O4. The van der Waals surface area contributed by atoms with E-state index in [0.29, 0.717) is 41.5 Å². The van der Waals surface area contributed by atoms with Gasteiger partial charge >= 0.3 is 0 Å². The molecule has 0 bridgehead atoms. The summed E-state index contributed by atoms with van der Waals surface area (Å²) in [4.78, 5) is 38.2. The molecule has 0 aliphatic carbocycles. The van der Waals surface area contributed by atoms with Crippen LogP contribution in [0.2, 0.25) is 5.02 Å². The van der Waals surface area contributed by atoms with Gasteiger partial charge in [-0.2, -0.15) is 0 Å². The zero-order valence-electron chi connectivity index (χ0n) is 17.7. The lowest BCUT2D eigenvalue weighted by Gasteiger charge is -2.16. The number of halogens is 1. The highest BCUT2D eigenvalue weighted by molar-refractivity contribution is 6.30. The van der Waals surface area contributed by atoms with E-state index in [2.05, 4.69) is 10.9 Å². The van der Waals surface area contributed by atoms with Gasteiger partial charge in [-0.3, -0.25) is 25.2 Å². The predicted molar refractivity (Wildman–Crippen MR) is 125 cm³/mol. The van der Waals surface area contributed by atoms with Gasteiger partial charge in [-0.15, -0.1) is 0 Å². The molecule has 0 radical (unpaired) electrons. The van der Waals surface area contributed by atoms with Crippen molar-refractivity contribution in [3.8, 4) is 5.75 Å². The zero-order chi connectivity index (χ0) is 23.2. The van der Waals surface area contributed by atoms with Crippen LogP contribution < -0.4 is 20.5 Å². The van der Waals surface area contributed by atoms with Crippen LogP contribution in [0, 0.1) is 0 Å². The molecule has 2 N–H and O–H groups in total. The van der Waals surface area contributed by atoms with Crippen molar-refractivity contribution in [1.29, 1.82) is 0 Å². The van der Waals surface area contributed by atoms with Crippen molar-refractivity contribution in [1.82, 2.24) is 10.9 Å². The molecule has 1 fully saturated rings. The number of ether oxygens (including phenoxy) is 1. The molecule has 0 atom stereocenters. The van der Waals surface area contributed by atoms with E-state index in [-0.39, 0.29) is 5.91 Å². The summed E-state index contributed by atoms with van der Waals surface area (Å²) in [5.41, 5.74) is 7.24. The first kappa shape index (κ1) is 22.4. The van der Waals surface area contributed by atoms with Gasteiger partial charge in [0.05, 0.1) is 0 Å². The summed E-state index contributed by atoms with van der Waals surface area (Å²) >= 11 is 5.86. The van der Waals surface area contributed by atoms with Crippen molar-refractivity contribution >= 4 is 35.0 Å². The Morgan fingerprint density at radius 3 is 1.97 bits per heavy atom. The van der Waals surface area contributed by atoms with Gasteiger partial charge in [0.15, 0.2) is 0 Å². The molecule has 0 aromatic heterocycles. The van der Waals surface area contributed by atoms with Gasteiger partial charge in [-0.25, -0.2) is 0 Å². The average Bonchev–Trinajstić information content (AvgIpc) is 3.28. The van der Waals surface area contributed by atoms with Crippen molar-refractivity contribution in [3.63, 3.8) is 0 Å². The third kappa shape index (κ3) is 5.70. The fourth-order valence-electron chi connectivity index (χ4n) is 3.42. The fourth-order valence-corrected chi connectivity index (χ4v) is 3.55. The molecule has 4 rings (SSSR count). The second-order valence-corrected chi connectivity index (χ2v) is 7.98. The van der Waals surface area contributed by atoms with Crippen LogP contribution in [-0.2, 0) is 11.4 Å². The van der Waals surface area contributed by atoms with E-state index in [1.54, 1.807) is 77.7 Å². The Bertz CT molecular complexity index is 1150. The smallest absolute Gasteiger partial charge is 0.269 e. The summed E-state index contributed by atoms with van der Waals surface area (Å²) in [6, 6.07) is 20.6. The Labute approximate surface area is 196 Å². The summed E-state index contributed by atoms with van der Waals surface area (Å²) in [7, 11) is 0. The number of hydrazine groups is 1. The van der Waals surface area contributed by atoms with E-state index in [4.69, 9.17) is 16.3 Å². The molecule has 1 heterocycles. The summed E-state index contributed by atoms with van der Waals surface area (Å²) in [5.74, 6) is -0.102. The SMILES string of the molecule is O=C(NNC(=O)c1ccc(N2CCCC2=O)cc1)c1ccc(COc2ccc(Cl)cc2)cc1. The summed E-state index contributed by atoms with van der Waals surface area (Å²) in [5, 5.41) is 0.639. The van der Waals surface area contributed by atoms with E-state index in [0.717, 1.165) is 17.7 Å². The highest BCUT2D eigenvalue weighted by Gasteiger charge is 2.21. The van der Waals surface area contributed by atoms with Crippen LogP contribution >= 0.6 is 11.6 Å². The molecule has 3 aromatic rings. The van der Waals surface area contributed by atoms with E-state index in [1.165, 1.54) is 0 Å². The second-order valence-electron chi connectivity index (χ2n) is 7.54. The summed E-state index contributed by atoms with van der Waals surface area (Å²) < 4.78 is 5.68. The topological polar surface area (TPSA) is 87.7 Å². The van der Waals surface area contributed by atoms with Crippen LogP contribution in [0.3, 0.4) is 0 Å². The molecule has 0 spiro atoms. The molecule has 3 aromatic carbocycles. The first-order valence-corrected chi connectivity index (χ1v) is 10.9. The Kier molecular flexibility index (Phi) is 6.90. The number of hydrogen-bond acceptors (Lipinski definition) is 4. The van der Waals surface area contributed by atoms with Crippen LogP contribution in [-0.4, -0.2) is 24.3 Å². The van der Waals surface area contributed by atoms with E-state index in [1.807, 2.05) is 0 Å². The number of benzene rings is 3. The van der Waals surface area contributed by atoms with Gasteiger partial charge in [-0.05, 0) is 72.6 Å². The number of carbonyl (C=O) groups excluding carboxylic acids is 3. The molecule has 3 amide bonds. The van der Waals surface area contributed by atoms with E-state index >= 15 is 0 Å². The highest BCUT2D eigenvalue weighted by atomic mass is 35.5. The maximum Gasteiger partial charge on any atom is 0.269 e. The fraction of sp³-hybridized carbons (Fsp3) is 0.160. The third-order valence-corrected chi connectivity index (χ3v) is 5.49. The lowest BCUT2D eigenvalue weighted by Crippen LogP contribution is -2.41. The lowest BCUT2D eigenvalue weighted by molar-refractivity contribution is -0.117. The monoisotopic (exact) mass is 463 g/mol. The minimum Gasteiger partial charge on any atom is -0.489 e. The van der Waals surface area contributed by atoms with Crippen LogP contribution in [0.1, 0.15) is 39.1 Å². The van der Waals surface area contributed by atoms with Gasteiger partial charge in [0, 0.05) is 34.8 Å². The molecule has 168 valence electrons. The normalized spacial score (nSPS) is 13.0. The lowest BCUT2D eigenvalue weighted by atomic mass is 10.1. The molecule has 1 saturated heterocycles. The minimum atomic E-state index is -0.448. The Balaban J connectivity index is 1.27. The highest BCUT2D eigenvalue weighted by Crippen LogP contribution is 2.21. The van der Waals surface area contributed by atoms with Crippen molar-refractivity contribution < 1.29 is 19.1 Å². The number of nitrogens with zero attached hydrogens (tertiary/aromatic N) is 1. The third-order valence-electron chi connectivity index (χ3n) is 5.24. The van der Waals surface area contributed by atoms with Crippen LogP contribution in [0.5, 0.6) is 5.75 Å². The zero-order valence-corrected chi connectivity index (χ0v) is 18.5. The summed E-state index contributed by atoms with van der Waals surface area (Å²) in [6.45, 7) is 1.03. The van der Waals surface area contributed by atoms with Gasteiger partial charge in [0.2, 0.25) is 5.91 Å². The number of rotatable bonds is 6. The average molecular weight is 464 g/mol. The number of nitrogens with one attached hydrogen (secondary N) is 2. The van der Waals surface area contributed by atoms with Crippen molar-refractivity contribution in [2.24, 2.45) is 0 Å². The maximum absolute atomic E-state index is 12.4. The maximum atomic E-state index is 12.4. The van der Waals surface area contributed by atoms with Gasteiger partial charge in [-0.1, -0.05) is 23.7 Å². The minimum absolute atomic E-state index is 0.0852. The quantitative estimate of drug-likeness (QED) is 0.538. The summed E-state index contributed by atoms with van der Waals surface area (Å²) in [6.07, 6.45) is 1.38. The molecule has 7 nitrogen and oxygen atoms in total. The molecule has 0 unspecified atom stereocenters.